The highest BCUT2D eigenvalue weighted by Gasteiger charge is 2.34. The summed E-state index contributed by atoms with van der Waals surface area (Å²) in [5.74, 6) is 1.70. The highest BCUT2D eigenvalue weighted by Crippen LogP contribution is 2.42. The molecule has 1 aromatic rings. The van der Waals surface area contributed by atoms with Gasteiger partial charge in [-0.3, -0.25) is 4.90 Å². The molecule has 5 nitrogen and oxygen atoms in total. The molecule has 0 radical (unpaired) electrons. The van der Waals surface area contributed by atoms with Crippen LogP contribution in [0.4, 0.5) is 0 Å². The van der Waals surface area contributed by atoms with E-state index in [4.69, 9.17) is 19.9 Å². The molecular weight excluding hydrogens is 268 g/mol. The van der Waals surface area contributed by atoms with E-state index in [1.807, 2.05) is 6.07 Å². The van der Waals surface area contributed by atoms with Gasteiger partial charge in [0.05, 0.1) is 26.4 Å². The van der Waals surface area contributed by atoms with E-state index in [9.17, 15) is 0 Å². The molecule has 0 aliphatic carbocycles. The molecule has 1 aromatic carbocycles. The zero-order valence-corrected chi connectivity index (χ0v) is 12.8. The number of rotatable bonds is 5. The van der Waals surface area contributed by atoms with Crippen LogP contribution < -0.4 is 15.2 Å². The Morgan fingerprint density at radius 3 is 2.81 bits per heavy atom. The molecule has 0 bridgehead atoms. The van der Waals surface area contributed by atoms with Crippen LogP contribution in [-0.2, 0) is 11.3 Å². The van der Waals surface area contributed by atoms with E-state index in [2.05, 4.69) is 11.0 Å². The van der Waals surface area contributed by atoms with E-state index in [1.54, 1.807) is 14.2 Å². The van der Waals surface area contributed by atoms with Crippen LogP contribution in [0.15, 0.2) is 12.1 Å². The Morgan fingerprint density at radius 1 is 1.33 bits per heavy atom. The summed E-state index contributed by atoms with van der Waals surface area (Å²) in [5, 5.41) is 0. The minimum Gasteiger partial charge on any atom is -0.497 e. The first-order valence-corrected chi connectivity index (χ1v) is 7.57. The third-order valence-corrected chi connectivity index (χ3v) is 4.49. The standard InChI is InChI=1S/C16H24N2O3/c1-19-13-6-11-9-18(10-12-4-3-5-21-12)14(8-17)16(11)15(7-13)20-2/h6-7,12,14H,3-5,8-10,17H2,1-2H3. The van der Waals surface area contributed by atoms with Gasteiger partial charge in [-0.05, 0) is 24.5 Å². The zero-order chi connectivity index (χ0) is 14.8. The molecule has 0 spiro atoms. The van der Waals surface area contributed by atoms with Crippen molar-refractivity contribution in [3.8, 4) is 11.5 Å². The first-order chi connectivity index (χ1) is 10.3. The van der Waals surface area contributed by atoms with E-state index in [1.165, 1.54) is 11.1 Å². The second-order valence-corrected chi connectivity index (χ2v) is 5.72. The van der Waals surface area contributed by atoms with E-state index in [0.29, 0.717) is 12.6 Å². The summed E-state index contributed by atoms with van der Waals surface area (Å²) in [6, 6.07) is 4.23. The maximum absolute atomic E-state index is 6.04. The predicted molar refractivity (Wildman–Crippen MR) is 80.7 cm³/mol. The summed E-state index contributed by atoms with van der Waals surface area (Å²) in [6.45, 7) is 3.28. The van der Waals surface area contributed by atoms with Crippen LogP contribution in [-0.4, -0.2) is 44.9 Å². The van der Waals surface area contributed by atoms with Crippen LogP contribution >= 0.6 is 0 Å². The molecule has 116 valence electrons. The monoisotopic (exact) mass is 292 g/mol. The van der Waals surface area contributed by atoms with Crippen molar-refractivity contribution in [2.45, 2.75) is 31.5 Å². The molecule has 2 aliphatic rings. The summed E-state index contributed by atoms with van der Waals surface area (Å²) in [6.07, 6.45) is 2.64. The average Bonchev–Trinajstić information content (AvgIpc) is 3.13. The molecule has 2 heterocycles. The van der Waals surface area contributed by atoms with Gasteiger partial charge in [-0.2, -0.15) is 0 Å². The molecular formula is C16H24N2O3. The van der Waals surface area contributed by atoms with Gasteiger partial charge in [-0.15, -0.1) is 0 Å². The second kappa shape index (κ2) is 6.22. The average molecular weight is 292 g/mol. The number of hydrogen-bond donors (Lipinski definition) is 1. The molecule has 5 heteroatoms. The SMILES string of the molecule is COc1cc2c(c(OC)c1)C(CN)N(CC1CCCO1)C2. The lowest BCUT2D eigenvalue weighted by molar-refractivity contribution is 0.0607. The van der Waals surface area contributed by atoms with Gasteiger partial charge in [0, 0.05) is 37.9 Å². The summed E-state index contributed by atoms with van der Waals surface area (Å²) >= 11 is 0. The quantitative estimate of drug-likeness (QED) is 0.895. The minimum atomic E-state index is 0.199. The van der Waals surface area contributed by atoms with Crippen LogP contribution in [0, 0.1) is 0 Å². The first-order valence-electron chi connectivity index (χ1n) is 7.57. The van der Waals surface area contributed by atoms with Crippen LogP contribution in [0.25, 0.3) is 0 Å². The third kappa shape index (κ3) is 2.73. The van der Waals surface area contributed by atoms with Crippen molar-refractivity contribution >= 4 is 0 Å². The molecule has 2 aliphatic heterocycles. The Kier molecular flexibility index (Phi) is 4.33. The van der Waals surface area contributed by atoms with Gasteiger partial charge in [-0.1, -0.05) is 0 Å². The molecule has 21 heavy (non-hydrogen) atoms. The topological polar surface area (TPSA) is 57.0 Å². The molecule has 1 saturated heterocycles. The minimum absolute atomic E-state index is 0.199. The van der Waals surface area contributed by atoms with Gasteiger partial charge in [0.15, 0.2) is 0 Å². The number of nitrogens with zero attached hydrogens (tertiary/aromatic N) is 1. The maximum atomic E-state index is 6.04. The lowest BCUT2D eigenvalue weighted by atomic mass is 10.0. The molecule has 2 atom stereocenters. The van der Waals surface area contributed by atoms with Crippen molar-refractivity contribution in [1.29, 1.82) is 0 Å². The molecule has 2 N–H and O–H groups in total. The Bertz CT molecular complexity index is 501. The highest BCUT2D eigenvalue weighted by atomic mass is 16.5. The smallest absolute Gasteiger partial charge is 0.127 e. The largest absolute Gasteiger partial charge is 0.497 e. The van der Waals surface area contributed by atoms with Crippen molar-refractivity contribution in [1.82, 2.24) is 4.90 Å². The fourth-order valence-corrected chi connectivity index (χ4v) is 3.47. The zero-order valence-electron chi connectivity index (χ0n) is 12.8. The van der Waals surface area contributed by atoms with E-state index >= 15 is 0 Å². The van der Waals surface area contributed by atoms with E-state index in [0.717, 1.165) is 44.0 Å². The summed E-state index contributed by atoms with van der Waals surface area (Å²) in [5.41, 5.74) is 8.50. The fourth-order valence-electron chi connectivity index (χ4n) is 3.47. The lowest BCUT2D eigenvalue weighted by Crippen LogP contribution is -2.34. The number of nitrogens with two attached hydrogens (primary N) is 1. The van der Waals surface area contributed by atoms with Crippen LogP contribution in [0.5, 0.6) is 11.5 Å². The fraction of sp³-hybridized carbons (Fsp3) is 0.625. The Morgan fingerprint density at radius 2 is 2.19 bits per heavy atom. The summed E-state index contributed by atoms with van der Waals surface area (Å²) < 4.78 is 16.7. The van der Waals surface area contributed by atoms with Crippen LogP contribution in [0.3, 0.4) is 0 Å². The van der Waals surface area contributed by atoms with Gasteiger partial charge in [-0.25, -0.2) is 0 Å². The molecule has 3 rings (SSSR count). The van der Waals surface area contributed by atoms with Gasteiger partial charge in [0.25, 0.3) is 0 Å². The second-order valence-electron chi connectivity index (χ2n) is 5.72. The van der Waals surface area contributed by atoms with Gasteiger partial charge in [0.2, 0.25) is 0 Å². The molecule has 0 amide bonds. The number of hydrogen-bond acceptors (Lipinski definition) is 5. The Labute approximate surface area is 126 Å². The van der Waals surface area contributed by atoms with E-state index in [-0.39, 0.29) is 6.04 Å². The van der Waals surface area contributed by atoms with Crippen molar-refractivity contribution in [2.24, 2.45) is 5.73 Å². The summed E-state index contributed by atoms with van der Waals surface area (Å²) in [7, 11) is 3.38. The number of fused-ring (bicyclic) bond motifs is 1. The third-order valence-electron chi connectivity index (χ3n) is 4.49. The lowest BCUT2D eigenvalue weighted by Gasteiger charge is -2.26. The van der Waals surface area contributed by atoms with Gasteiger partial charge >= 0.3 is 0 Å². The Hall–Kier alpha value is -1.30. The van der Waals surface area contributed by atoms with Crippen molar-refractivity contribution in [2.75, 3.05) is 33.9 Å². The summed E-state index contributed by atoms with van der Waals surface area (Å²) in [4.78, 5) is 2.41. The number of benzene rings is 1. The van der Waals surface area contributed by atoms with Crippen molar-refractivity contribution in [3.63, 3.8) is 0 Å². The van der Waals surface area contributed by atoms with Gasteiger partial charge in [0.1, 0.15) is 11.5 Å². The molecule has 2 unspecified atom stereocenters. The van der Waals surface area contributed by atoms with Gasteiger partial charge < -0.3 is 19.9 Å². The number of methoxy groups -OCH3 is 2. The number of ether oxygens (including phenoxy) is 3. The normalized spacial score (nSPS) is 25.1. The molecule has 0 saturated carbocycles. The van der Waals surface area contributed by atoms with E-state index < -0.39 is 0 Å². The molecule has 0 aromatic heterocycles. The Balaban J connectivity index is 1.87. The van der Waals surface area contributed by atoms with Crippen molar-refractivity contribution < 1.29 is 14.2 Å². The highest BCUT2D eigenvalue weighted by molar-refractivity contribution is 5.50. The predicted octanol–water partition coefficient (Wildman–Crippen LogP) is 1.70. The first kappa shape index (κ1) is 14.6. The van der Waals surface area contributed by atoms with Crippen molar-refractivity contribution in [3.05, 3.63) is 23.3 Å². The molecule has 1 fully saturated rings. The maximum Gasteiger partial charge on any atom is 0.127 e. The van der Waals surface area contributed by atoms with Crippen LogP contribution in [0.1, 0.15) is 30.0 Å². The van der Waals surface area contributed by atoms with Crippen LogP contribution in [0.2, 0.25) is 0 Å².